The first-order valence-corrected chi connectivity index (χ1v) is 6.05. The van der Waals surface area contributed by atoms with E-state index in [-0.39, 0.29) is 6.04 Å². The Morgan fingerprint density at radius 3 is 2.56 bits per heavy atom. The van der Waals surface area contributed by atoms with Crippen LogP contribution in [0.3, 0.4) is 0 Å². The molecule has 2 rings (SSSR count). The van der Waals surface area contributed by atoms with Gasteiger partial charge in [-0.05, 0) is 30.7 Å². The van der Waals surface area contributed by atoms with Gasteiger partial charge in [0.2, 0.25) is 0 Å². The number of rotatable bonds is 5. The summed E-state index contributed by atoms with van der Waals surface area (Å²) in [5.41, 5.74) is 2.30. The summed E-state index contributed by atoms with van der Waals surface area (Å²) >= 11 is 0. The van der Waals surface area contributed by atoms with Crippen LogP contribution in [0, 0.1) is 0 Å². The van der Waals surface area contributed by atoms with Crippen molar-refractivity contribution in [3.63, 3.8) is 0 Å². The molecule has 18 heavy (non-hydrogen) atoms. The molecule has 1 N–H and O–H groups in total. The van der Waals surface area contributed by atoms with Gasteiger partial charge in [-0.15, -0.1) is 0 Å². The van der Waals surface area contributed by atoms with E-state index in [0.717, 1.165) is 18.0 Å². The second-order valence-corrected chi connectivity index (χ2v) is 4.36. The first-order chi connectivity index (χ1) is 8.69. The fourth-order valence-electron chi connectivity index (χ4n) is 1.83. The summed E-state index contributed by atoms with van der Waals surface area (Å²) in [5.74, 6) is 0.885. The molecule has 1 atom stereocenters. The molecular formula is C14H19N3O. The van der Waals surface area contributed by atoms with Crippen LogP contribution in [0.15, 0.2) is 36.5 Å². The molecule has 1 heterocycles. The number of nitrogens with one attached hydrogen (secondary N) is 1. The Labute approximate surface area is 108 Å². The number of aryl methyl sites for hydroxylation is 1. The Balaban J connectivity index is 1.92. The number of methoxy groups -OCH3 is 1. The lowest BCUT2D eigenvalue weighted by Crippen LogP contribution is -2.18. The third kappa shape index (κ3) is 3.11. The summed E-state index contributed by atoms with van der Waals surface area (Å²) in [6.07, 6.45) is 1.95. The van der Waals surface area contributed by atoms with Crippen molar-refractivity contribution in [2.75, 3.05) is 7.11 Å². The van der Waals surface area contributed by atoms with Gasteiger partial charge >= 0.3 is 0 Å². The van der Waals surface area contributed by atoms with Gasteiger partial charge in [0.05, 0.1) is 12.8 Å². The van der Waals surface area contributed by atoms with Crippen LogP contribution in [0.4, 0.5) is 0 Å². The monoisotopic (exact) mass is 245 g/mol. The summed E-state index contributed by atoms with van der Waals surface area (Å²) < 4.78 is 6.96. The normalized spacial score (nSPS) is 12.4. The molecule has 1 aromatic carbocycles. The van der Waals surface area contributed by atoms with E-state index >= 15 is 0 Å². The third-order valence-electron chi connectivity index (χ3n) is 2.97. The van der Waals surface area contributed by atoms with Crippen LogP contribution in [-0.2, 0) is 13.6 Å². The summed E-state index contributed by atoms with van der Waals surface area (Å²) in [7, 11) is 3.61. The van der Waals surface area contributed by atoms with Crippen LogP contribution >= 0.6 is 0 Å². The molecule has 96 valence electrons. The lowest BCUT2D eigenvalue weighted by molar-refractivity contribution is 0.414. The molecular weight excluding hydrogens is 226 g/mol. The minimum absolute atomic E-state index is 0.290. The van der Waals surface area contributed by atoms with E-state index in [1.54, 1.807) is 7.11 Å². The van der Waals surface area contributed by atoms with Gasteiger partial charge in [-0.2, -0.15) is 5.10 Å². The van der Waals surface area contributed by atoms with Crippen LogP contribution in [0.2, 0.25) is 0 Å². The van der Waals surface area contributed by atoms with Crippen LogP contribution in [0.5, 0.6) is 5.75 Å². The van der Waals surface area contributed by atoms with Crippen LogP contribution in [0.25, 0.3) is 0 Å². The van der Waals surface area contributed by atoms with E-state index in [1.165, 1.54) is 5.56 Å². The van der Waals surface area contributed by atoms with Gasteiger partial charge in [0.1, 0.15) is 5.75 Å². The summed E-state index contributed by atoms with van der Waals surface area (Å²) in [5, 5.41) is 7.79. The Hall–Kier alpha value is -1.81. The Bertz CT molecular complexity index is 490. The number of benzene rings is 1. The van der Waals surface area contributed by atoms with Gasteiger partial charge in [-0.1, -0.05) is 12.1 Å². The van der Waals surface area contributed by atoms with Crippen LogP contribution in [-0.4, -0.2) is 16.9 Å². The molecule has 1 aromatic heterocycles. The highest BCUT2D eigenvalue weighted by Crippen LogP contribution is 2.17. The zero-order valence-corrected chi connectivity index (χ0v) is 11.1. The highest BCUT2D eigenvalue weighted by Gasteiger charge is 2.05. The van der Waals surface area contributed by atoms with Gasteiger partial charge in [0.15, 0.2) is 0 Å². The maximum atomic E-state index is 5.15. The fraction of sp³-hybridized carbons (Fsp3) is 0.357. The number of hydrogen-bond donors (Lipinski definition) is 1. The molecule has 2 aromatic rings. The van der Waals surface area contributed by atoms with Crippen LogP contribution in [0.1, 0.15) is 24.2 Å². The SMILES string of the molecule is COc1ccc([C@H](C)NCc2ccn(C)n2)cc1. The van der Waals surface area contributed by atoms with Crippen molar-refractivity contribution in [1.82, 2.24) is 15.1 Å². The molecule has 0 saturated carbocycles. The quantitative estimate of drug-likeness (QED) is 0.878. The zero-order chi connectivity index (χ0) is 13.0. The second-order valence-electron chi connectivity index (χ2n) is 4.36. The van der Waals surface area contributed by atoms with E-state index in [1.807, 2.05) is 36.1 Å². The minimum Gasteiger partial charge on any atom is -0.497 e. The Morgan fingerprint density at radius 1 is 1.28 bits per heavy atom. The van der Waals surface area contributed by atoms with Gasteiger partial charge < -0.3 is 10.1 Å². The van der Waals surface area contributed by atoms with Crippen molar-refractivity contribution in [2.45, 2.75) is 19.5 Å². The Morgan fingerprint density at radius 2 is 2.00 bits per heavy atom. The molecule has 0 amide bonds. The molecule has 0 unspecified atom stereocenters. The maximum absolute atomic E-state index is 5.15. The van der Waals surface area contributed by atoms with E-state index in [9.17, 15) is 0 Å². The predicted molar refractivity (Wildman–Crippen MR) is 71.5 cm³/mol. The molecule has 0 bridgehead atoms. The van der Waals surface area contributed by atoms with Gasteiger partial charge in [-0.25, -0.2) is 0 Å². The lowest BCUT2D eigenvalue weighted by Gasteiger charge is -2.13. The molecule has 0 spiro atoms. The fourth-order valence-corrected chi connectivity index (χ4v) is 1.83. The molecule has 0 aliphatic carbocycles. The average Bonchev–Trinajstić information content (AvgIpc) is 2.82. The smallest absolute Gasteiger partial charge is 0.118 e. The van der Waals surface area contributed by atoms with Gasteiger partial charge in [-0.3, -0.25) is 4.68 Å². The first-order valence-electron chi connectivity index (χ1n) is 6.05. The van der Waals surface area contributed by atoms with Crippen molar-refractivity contribution in [2.24, 2.45) is 7.05 Å². The number of hydrogen-bond acceptors (Lipinski definition) is 3. The van der Waals surface area contributed by atoms with Gasteiger partial charge in [0.25, 0.3) is 0 Å². The predicted octanol–water partition coefficient (Wildman–Crippen LogP) is 2.28. The van der Waals surface area contributed by atoms with Crippen molar-refractivity contribution in [3.05, 3.63) is 47.8 Å². The van der Waals surface area contributed by atoms with E-state index < -0.39 is 0 Å². The molecule has 0 saturated heterocycles. The largest absolute Gasteiger partial charge is 0.497 e. The first kappa shape index (κ1) is 12.6. The van der Waals surface area contributed by atoms with Crippen LogP contribution < -0.4 is 10.1 Å². The topological polar surface area (TPSA) is 39.1 Å². The number of aromatic nitrogens is 2. The summed E-state index contributed by atoms with van der Waals surface area (Å²) in [4.78, 5) is 0. The molecule has 0 aliphatic heterocycles. The maximum Gasteiger partial charge on any atom is 0.118 e. The molecule has 4 nitrogen and oxygen atoms in total. The standard InChI is InChI=1S/C14H19N3O/c1-11(12-4-6-14(18-3)7-5-12)15-10-13-8-9-17(2)16-13/h4-9,11,15H,10H2,1-3H3/t11-/m0/s1. The second kappa shape index (κ2) is 5.69. The minimum atomic E-state index is 0.290. The van der Waals surface area contributed by atoms with Gasteiger partial charge in [0, 0.05) is 25.8 Å². The highest BCUT2D eigenvalue weighted by molar-refractivity contribution is 5.28. The molecule has 4 heteroatoms. The molecule has 0 aliphatic rings. The summed E-state index contributed by atoms with van der Waals surface area (Å²) in [6, 6.07) is 10.4. The third-order valence-corrected chi connectivity index (χ3v) is 2.97. The Kier molecular flexibility index (Phi) is 3.99. The lowest BCUT2D eigenvalue weighted by atomic mass is 10.1. The highest BCUT2D eigenvalue weighted by atomic mass is 16.5. The number of nitrogens with zero attached hydrogens (tertiary/aromatic N) is 2. The number of ether oxygens (including phenoxy) is 1. The van der Waals surface area contributed by atoms with Crippen molar-refractivity contribution in [1.29, 1.82) is 0 Å². The van der Waals surface area contributed by atoms with E-state index in [4.69, 9.17) is 4.74 Å². The average molecular weight is 245 g/mol. The molecule has 0 radical (unpaired) electrons. The van der Waals surface area contributed by atoms with E-state index in [2.05, 4.69) is 29.5 Å². The summed E-state index contributed by atoms with van der Waals surface area (Å²) in [6.45, 7) is 2.92. The van der Waals surface area contributed by atoms with Crippen molar-refractivity contribution in [3.8, 4) is 5.75 Å². The molecule has 0 fully saturated rings. The van der Waals surface area contributed by atoms with Crippen molar-refractivity contribution >= 4 is 0 Å². The zero-order valence-electron chi connectivity index (χ0n) is 11.1. The van der Waals surface area contributed by atoms with E-state index in [0.29, 0.717) is 0 Å². The van der Waals surface area contributed by atoms with Crippen molar-refractivity contribution < 1.29 is 4.74 Å².